The van der Waals surface area contributed by atoms with Gasteiger partial charge in [0.25, 0.3) is 0 Å². The van der Waals surface area contributed by atoms with Gasteiger partial charge < -0.3 is 9.31 Å². The number of pyridine rings is 1. The smallest absolute Gasteiger partial charge is 0.402 e. The monoisotopic (exact) mass is 397 g/mol. The molecule has 0 amide bonds. The first kappa shape index (κ1) is 21.7. The minimum Gasteiger partial charge on any atom is -0.402 e. The maximum Gasteiger partial charge on any atom is 0.497 e. The van der Waals surface area contributed by atoms with Crippen molar-refractivity contribution in [3.8, 4) is 0 Å². The molecule has 0 radical (unpaired) electrons. The maximum atomic E-state index is 6.51. The Balaban J connectivity index is 3.27. The molecule has 0 aromatic carbocycles. The molecule has 0 bridgehead atoms. The molecular formula is C19H33BBrNO2. The van der Waals surface area contributed by atoms with Crippen LogP contribution in [0.3, 0.4) is 0 Å². The molecule has 1 aromatic heterocycles. The van der Waals surface area contributed by atoms with Crippen LogP contribution in [0.15, 0.2) is 22.9 Å². The van der Waals surface area contributed by atoms with Gasteiger partial charge in [0.1, 0.15) is 4.60 Å². The lowest BCUT2D eigenvalue weighted by atomic mass is 9.71. The Morgan fingerprint density at radius 2 is 1.25 bits per heavy atom. The van der Waals surface area contributed by atoms with E-state index in [2.05, 4.69) is 90.2 Å². The summed E-state index contributed by atoms with van der Waals surface area (Å²) < 4.78 is 13.8. The lowest BCUT2D eigenvalue weighted by molar-refractivity contribution is -0.0640. The molecule has 0 aliphatic carbocycles. The zero-order valence-corrected chi connectivity index (χ0v) is 18.5. The topological polar surface area (TPSA) is 31.4 Å². The Kier molecular flexibility index (Phi) is 6.39. The molecule has 0 spiro atoms. The summed E-state index contributed by atoms with van der Waals surface area (Å²) in [5.41, 5.74) is 0.0961. The lowest BCUT2D eigenvalue weighted by Gasteiger charge is -2.45. The molecule has 0 saturated carbocycles. The van der Waals surface area contributed by atoms with Gasteiger partial charge in [-0.05, 0) is 60.5 Å². The summed E-state index contributed by atoms with van der Waals surface area (Å²) in [5.74, 6) is 0. The van der Waals surface area contributed by atoms with Gasteiger partial charge in [0.15, 0.2) is 0 Å². The van der Waals surface area contributed by atoms with Gasteiger partial charge in [-0.15, -0.1) is 0 Å². The first-order chi connectivity index (χ1) is 10.6. The van der Waals surface area contributed by atoms with Gasteiger partial charge >= 0.3 is 7.12 Å². The molecule has 1 heterocycles. The van der Waals surface area contributed by atoms with Crippen molar-refractivity contribution in [3.63, 3.8) is 0 Å². The highest BCUT2D eigenvalue weighted by Gasteiger charge is 2.44. The largest absolute Gasteiger partial charge is 0.497 e. The quantitative estimate of drug-likeness (QED) is 0.503. The summed E-state index contributed by atoms with van der Waals surface area (Å²) in [6.07, 6.45) is 1.76. The van der Waals surface area contributed by atoms with Crippen LogP contribution < -0.4 is 5.46 Å². The highest BCUT2D eigenvalue weighted by atomic mass is 79.9. The molecule has 5 heteroatoms. The average molecular weight is 398 g/mol. The highest BCUT2D eigenvalue weighted by Crippen LogP contribution is 2.37. The van der Waals surface area contributed by atoms with Crippen molar-refractivity contribution >= 4 is 28.5 Å². The first-order valence-corrected chi connectivity index (χ1v) is 9.34. The van der Waals surface area contributed by atoms with Crippen molar-refractivity contribution in [1.82, 2.24) is 4.98 Å². The summed E-state index contributed by atoms with van der Waals surface area (Å²) in [4.78, 5) is 4.34. The Labute approximate surface area is 157 Å². The van der Waals surface area contributed by atoms with E-state index in [0.717, 1.165) is 10.1 Å². The third-order valence-electron chi connectivity index (χ3n) is 5.46. The SMILES string of the molecule is CC(C)(C)C(C)(C)OB(OC(C)(C)C(C)(C)C)c1cccnc1Br. The fourth-order valence-corrected chi connectivity index (χ4v) is 2.05. The van der Waals surface area contributed by atoms with Gasteiger partial charge in [-0.1, -0.05) is 47.6 Å². The Hall–Kier alpha value is -0.385. The van der Waals surface area contributed by atoms with E-state index in [-0.39, 0.29) is 22.0 Å². The number of nitrogens with zero attached hydrogens (tertiary/aromatic N) is 1. The lowest BCUT2D eigenvalue weighted by Crippen LogP contribution is -2.55. The van der Waals surface area contributed by atoms with E-state index < -0.39 is 7.12 Å². The van der Waals surface area contributed by atoms with E-state index in [9.17, 15) is 0 Å². The Morgan fingerprint density at radius 1 is 0.833 bits per heavy atom. The molecule has 0 aliphatic heterocycles. The molecule has 0 aliphatic rings. The molecule has 0 atom stereocenters. The van der Waals surface area contributed by atoms with Crippen molar-refractivity contribution in [2.24, 2.45) is 10.8 Å². The molecule has 0 N–H and O–H groups in total. The summed E-state index contributed by atoms with van der Waals surface area (Å²) >= 11 is 3.54. The second kappa shape index (κ2) is 7.09. The van der Waals surface area contributed by atoms with Crippen molar-refractivity contribution in [3.05, 3.63) is 22.9 Å². The standard InChI is InChI=1S/C19H33BBrNO2/c1-16(2,3)18(7,8)23-20(14-12-11-13-22-15(14)21)24-19(9,10)17(4,5)6/h11-13H,1-10H3. The van der Waals surface area contributed by atoms with Gasteiger partial charge in [-0.25, -0.2) is 4.98 Å². The van der Waals surface area contributed by atoms with E-state index in [0.29, 0.717) is 0 Å². The van der Waals surface area contributed by atoms with Crippen LogP contribution in [-0.4, -0.2) is 23.3 Å². The number of rotatable bonds is 5. The van der Waals surface area contributed by atoms with E-state index in [1.807, 2.05) is 12.1 Å². The van der Waals surface area contributed by atoms with Crippen molar-refractivity contribution in [2.75, 3.05) is 0 Å². The number of halogens is 1. The molecule has 136 valence electrons. The van der Waals surface area contributed by atoms with Crippen LogP contribution in [0.1, 0.15) is 69.2 Å². The van der Waals surface area contributed by atoms with Gasteiger partial charge in [-0.2, -0.15) is 0 Å². The van der Waals surface area contributed by atoms with Crippen molar-refractivity contribution in [2.45, 2.75) is 80.4 Å². The fourth-order valence-electron chi connectivity index (χ4n) is 1.61. The van der Waals surface area contributed by atoms with Gasteiger partial charge in [0, 0.05) is 11.7 Å². The Bertz CT molecular complexity index is 531. The molecule has 0 saturated heterocycles. The fraction of sp³-hybridized carbons (Fsp3) is 0.737. The number of hydrogen-bond acceptors (Lipinski definition) is 3. The van der Waals surface area contributed by atoms with Crippen LogP contribution in [-0.2, 0) is 9.31 Å². The molecular weight excluding hydrogens is 365 g/mol. The van der Waals surface area contributed by atoms with E-state index in [1.165, 1.54) is 0 Å². The zero-order chi connectivity index (χ0) is 19.0. The molecule has 1 rings (SSSR count). The van der Waals surface area contributed by atoms with E-state index in [1.54, 1.807) is 6.20 Å². The van der Waals surface area contributed by atoms with E-state index in [4.69, 9.17) is 9.31 Å². The normalized spacial score (nSPS) is 14.0. The minimum absolute atomic E-state index is 0.0326. The predicted octanol–water partition coefficient (Wildman–Crippen LogP) is 5.22. The molecule has 0 fully saturated rings. The molecule has 1 aromatic rings. The summed E-state index contributed by atoms with van der Waals surface area (Å²) in [5, 5.41) is 0. The number of aromatic nitrogens is 1. The first-order valence-electron chi connectivity index (χ1n) is 8.54. The van der Waals surface area contributed by atoms with Gasteiger partial charge in [0.2, 0.25) is 0 Å². The third-order valence-corrected chi connectivity index (χ3v) is 6.12. The van der Waals surface area contributed by atoms with E-state index >= 15 is 0 Å². The second-order valence-corrected chi connectivity index (χ2v) is 10.2. The van der Waals surface area contributed by atoms with Crippen molar-refractivity contribution < 1.29 is 9.31 Å². The van der Waals surface area contributed by atoms with Gasteiger partial charge in [0.05, 0.1) is 11.2 Å². The van der Waals surface area contributed by atoms with Crippen molar-refractivity contribution in [1.29, 1.82) is 0 Å². The summed E-state index contributed by atoms with van der Waals surface area (Å²) in [6, 6.07) is 3.91. The third kappa shape index (κ3) is 5.06. The Morgan fingerprint density at radius 3 is 1.58 bits per heavy atom. The minimum atomic E-state index is -0.503. The van der Waals surface area contributed by atoms with Crippen LogP contribution in [0.5, 0.6) is 0 Å². The summed E-state index contributed by atoms with van der Waals surface area (Å²) in [7, 11) is -0.503. The predicted molar refractivity (Wildman–Crippen MR) is 107 cm³/mol. The average Bonchev–Trinajstić information content (AvgIpc) is 2.35. The molecule has 0 unspecified atom stereocenters. The van der Waals surface area contributed by atoms with Crippen LogP contribution in [0.25, 0.3) is 0 Å². The maximum absolute atomic E-state index is 6.51. The van der Waals surface area contributed by atoms with Crippen LogP contribution >= 0.6 is 15.9 Å². The number of hydrogen-bond donors (Lipinski definition) is 0. The van der Waals surface area contributed by atoms with Crippen LogP contribution in [0.4, 0.5) is 0 Å². The van der Waals surface area contributed by atoms with Crippen LogP contribution in [0, 0.1) is 10.8 Å². The molecule has 3 nitrogen and oxygen atoms in total. The second-order valence-electron chi connectivity index (χ2n) is 9.47. The van der Waals surface area contributed by atoms with Gasteiger partial charge in [-0.3, -0.25) is 0 Å². The highest BCUT2D eigenvalue weighted by molar-refractivity contribution is 9.10. The molecule has 24 heavy (non-hydrogen) atoms. The summed E-state index contributed by atoms with van der Waals surface area (Å²) in [6.45, 7) is 21.5. The zero-order valence-electron chi connectivity index (χ0n) is 17.0. The van der Waals surface area contributed by atoms with Crippen LogP contribution in [0.2, 0.25) is 0 Å².